The first-order chi connectivity index (χ1) is 9.99. The minimum Gasteiger partial charge on any atom is -0.394 e. The normalized spacial score (nSPS) is 16.7. The molecule has 0 bridgehead atoms. The number of unbranched alkanes of at least 4 members (excludes halogenated alkanes) is 1. The standard InChI is InChI=1S/C18H26N2O/c1-6-7-8-16(12-20-15(4)21)17-9-13(2)18(10-17)14(3)11-19-5/h8,10-12,19H,6-7,9H2,1-5H3/b14-11-,16-8+,20-12+. The quantitative estimate of drug-likeness (QED) is 0.747. The van der Waals surface area contributed by atoms with E-state index in [-0.39, 0.29) is 5.91 Å². The Hall–Kier alpha value is -1.90. The van der Waals surface area contributed by atoms with Crippen LogP contribution in [0.15, 0.2) is 51.2 Å². The lowest BCUT2D eigenvalue weighted by molar-refractivity contribution is -0.115. The molecule has 1 aliphatic carbocycles. The molecule has 0 aromatic heterocycles. The topological polar surface area (TPSA) is 41.5 Å². The Morgan fingerprint density at radius 3 is 2.71 bits per heavy atom. The second kappa shape index (κ2) is 8.40. The first kappa shape index (κ1) is 17.2. The largest absolute Gasteiger partial charge is 0.394 e. The summed E-state index contributed by atoms with van der Waals surface area (Å²) in [5.41, 5.74) is 6.16. The fraction of sp³-hybridized carbons (Fsp3) is 0.444. The van der Waals surface area contributed by atoms with Gasteiger partial charge in [-0.15, -0.1) is 0 Å². The molecule has 3 nitrogen and oxygen atoms in total. The van der Waals surface area contributed by atoms with Crippen molar-refractivity contribution in [3.63, 3.8) is 0 Å². The summed E-state index contributed by atoms with van der Waals surface area (Å²) in [6.45, 7) is 7.89. The Morgan fingerprint density at radius 2 is 2.14 bits per heavy atom. The maximum absolute atomic E-state index is 11.1. The van der Waals surface area contributed by atoms with Gasteiger partial charge in [0.25, 0.3) is 0 Å². The fourth-order valence-corrected chi connectivity index (χ4v) is 2.39. The van der Waals surface area contributed by atoms with Crippen LogP contribution in [0.25, 0.3) is 0 Å². The molecule has 114 valence electrons. The number of carbonyl (C=O) groups excluding carboxylic acids is 1. The van der Waals surface area contributed by atoms with E-state index < -0.39 is 0 Å². The third kappa shape index (κ3) is 5.18. The fourth-order valence-electron chi connectivity index (χ4n) is 2.39. The Bertz CT molecular complexity index is 546. The van der Waals surface area contributed by atoms with E-state index in [2.05, 4.69) is 43.2 Å². The number of rotatable bonds is 6. The number of nitrogens with zero attached hydrogens (tertiary/aromatic N) is 1. The minimum absolute atomic E-state index is 0.160. The minimum atomic E-state index is -0.160. The number of carbonyl (C=O) groups is 1. The zero-order valence-corrected chi connectivity index (χ0v) is 13.8. The molecule has 0 aromatic carbocycles. The van der Waals surface area contributed by atoms with Crippen LogP contribution in [0, 0.1) is 0 Å². The van der Waals surface area contributed by atoms with Gasteiger partial charge in [0.15, 0.2) is 0 Å². The van der Waals surface area contributed by atoms with Crippen LogP contribution >= 0.6 is 0 Å². The van der Waals surface area contributed by atoms with Crippen LogP contribution in [-0.4, -0.2) is 19.2 Å². The molecule has 1 amide bonds. The number of nitrogens with one attached hydrogen (secondary N) is 1. The third-order valence-electron chi connectivity index (χ3n) is 3.43. The molecular formula is C18H26N2O. The average Bonchev–Trinajstić information content (AvgIpc) is 2.81. The molecule has 3 heteroatoms. The van der Waals surface area contributed by atoms with Gasteiger partial charge < -0.3 is 5.32 Å². The molecule has 0 aromatic rings. The zero-order valence-electron chi connectivity index (χ0n) is 13.8. The van der Waals surface area contributed by atoms with E-state index in [1.54, 1.807) is 6.21 Å². The van der Waals surface area contributed by atoms with Crippen LogP contribution in [0.5, 0.6) is 0 Å². The lowest BCUT2D eigenvalue weighted by atomic mass is 10.0. The zero-order chi connectivity index (χ0) is 15.8. The van der Waals surface area contributed by atoms with Gasteiger partial charge in [0.1, 0.15) is 0 Å². The van der Waals surface area contributed by atoms with Crippen LogP contribution in [0.4, 0.5) is 0 Å². The molecule has 1 aliphatic rings. The Balaban J connectivity index is 3.05. The summed E-state index contributed by atoms with van der Waals surface area (Å²) in [7, 11) is 1.91. The van der Waals surface area contributed by atoms with Crippen LogP contribution in [0.2, 0.25) is 0 Å². The van der Waals surface area contributed by atoms with Crippen LogP contribution in [0.3, 0.4) is 0 Å². The molecule has 0 aliphatic heterocycles. The van der Waals surface area contributed by atoms with E-state index in [9.17, 15) is 4.79 Å². The number of allylic oxidation sites excluding steroid dienone is 7. The summed E-state index contributed by atoms with van der Waals surface area (Å²) in [6.07, 6.45) is 11.1. The van der Waals surface area contributed by atoms with Gasteiger partial charge in [-0.2, -0.15) is 0 Å². The van der Waals surface area contributed by atoms with Crippen molar-refractivity contribution >= 4 is 12.1 Å². The molecule has 0 radical (unpaired) electrons. The SMILES string of the molecule is CCC/C=C(\C=N\C(C)=O)C1=CC(/C(C)=C\NC)=C(C)C1. The van der Waals surface area contributed by atoms with E-state index >= 15 is 0 Å². The highest BCUT2D eigenvalue weighted by atomic mass is 16.1. The average molecular weight is 286 g/mol. The van der Waals surface area contributed by atoms with Crippen molar-refractivity contribution in [1.82, 2.24) is 5.32 Å². The number of hydrogen-bond donors (Lipinski definition) is 1. The van der Waals surface area contributed by atoms with Crippen LogP contribution < -0.4 is 5.32 Å². The van der Waals surface area contributed by atoms with Gasteiger partial charge in [-0.3, -0.25) is 4.79 Å². The van der Waals surface area contributed by atoms with E-state index in [0.29, 0.717) is 0 Å². The molecule has 1 rings (SSSR count). The van der Waals surface area contributed by atoms with Gasteiger partial charge in [-0.25, -0.2) is 4.99 Å². The first-order valence-corrected chi connectivity index (χ1v) is 7.49. The maximum Gasteiger partial charge on any atom is 0.242 e. The summed E-state index contributed by atoms with van der Waals surface area (Å²) in [4.78, 5) is 15.0. The molecule has 0 atom stereocenters. The maximum atomic E-state index is 11.1. The van der Waals surface area contributed by atoms with Gasteiger partial charge in [0, 0.05) is 20.2 Å². The molecule has 0 fully saturated rings. The predicted octanol–water partition coefficient (Wildman–Crippen LogP) is 4.10. The van der Waals surface area contributed by atoms with Crippen molar-refractivity contribution in [2.45, 2.75) is 47.0 Å². The van der Waals surface area contributed by atoms with E-state index in [1.165, 1.54) is 29.2 Å². The third-order valence-corrected chi connectivity index (χ3v) is 3.43. The van der Waals surface area contributed by atoms with Crippen molar-refractivity contribution in [3.05, 3.63) is 46.2 Å². The molecule has 21 heavy (non-hydrogen) atoms. The highest BCUT2D eigenvalue weighted by Crippen LogP contribution is 2.33. The Labute approximate surface area is 128 Å². The van der Waals surface area contributed by atoms with Gasteiger partial charge in [-0.05, 0) is 55.2 Å². The van der Waals surface area contributed by atoms with Crippen LogP contribution in [0.1, 0.15) is 47.0 Å². The van der Waals surface area contributed by atoms with Crippen molar-refractivity contribution < 1.29 is 4.79 Å². The van der Waals surface area contributed by atoms with Gasteiger partial charge in [0.05, 0.1) is 0 Å². The Morgan fingerprint density at radius 1 is 1.43 bits per heavy atom. The lowest BCUT2D eigenvalue weighted by Gasteiger charge is -2.03. The molecule has 0 spiro atoms. The van der Waals surface area contributed by atoms with Crippen molar-refractivity contribution in [3.8, 4) is 0 Å². The van der Waals surface area contributed by atoms with Gasteiger partial charge in [0.2, 0.25) is 5.91 Å². The number of amides is 1. The summed E-state index contributed by atoms with van der Waals surface area (Å²) in [6, 6.07) is 0. The first-order valence-electron chi connectivity index (χ1n) is 7.49. The summed E-state index contributed by atoms with van der Waals surface area (Å²) >= 11 is 0. The van der Waals surface area contributed by atoms with Crippen LogP contribution in [-0.2, 0) is 4.79 Å². The second-order valence-corrected chi connectivity index (χ2v) is 5.38. The summed E-state index contributed by atoms with van der Waals surface area (Å²) in [5.74, 6) is -0.160. The predicted molar refractivity (Wildman–Crippen MR) is 90.4 cm³/mol. The molecular weight excluding hydrogens is 260 g/mol. The molecule has 0 heterocycles. The lowest BCUT2D eigenvalue weighted by Crippen LogP contribution is -1.95. The summed E-state index contributed by atoms with van der Waals surface area (Å²) in [5, 5.41) is 3.07. The highest BCUT2D eigenvalue weighted by molar-refractivity contribution is 5.94. The highest BCUT2D eigenvalue weighted by Gasteiger charge is 2.16. The summed E-state index contributed by atoms with van der Waals surface area (Å²) < 4.78 is 0. The van der Waals surface area contributed by atoms with Crippen molar-refractivity contribution in [2.75, 3.05) is 7.05 Å². The molecule has 0 saturated heterocycles. The molecule has 1 N–H and O–H groups in total. The monoisotopic (exact) mass is 286 g/mol. The molecule has 0 saturated carbocycles. The Kier molecular flexibility index (Phi) is 6.86. The van der Waals surface area contributed by atoms with Gasteiger partial charge in [-0.1, -0.05) is 31.1 Å². The van der Waals surface area contributed by atoms with E-state index in [4.69, 9.17) is 0 Å². The van der Waals surface area contributed by atoms with Crippen molar-refractivity contribution in [2.24, 2.45) is 4.99 Å². The molecule has 0 unspecified atom stereocenters. The second-order valence-electron chi connectivity index (χ2n) is 5.38. The smallest absolute Gasteiger partial charge is 0.242 e. The number of hydrogen-bond acceptors (Lipinski definition) is 2. The van der Waals surface area contributed by atoms with Crippen molar-refractivity contribution in [1.29, 1.82) is 0 Å². The number of aliphatic imine (C=N–C) groups is 1. The van der Waals surface area contributed by atoms with E-state index in [1.807, 2.05) is 13.2 Å². The van der Waals surface area contributed by atoms with E-state index in [0.717, 1.165) is 24.8 Å². The van der Waals surface area contributed by atoms with Gasteiger partial charge >= 0.3 is 0 Å².